The number of carbonyl (C=O) groups is 2. The molecule has 3 rings (SSSR count). The third kappa shape index (κ3) is 3.38. The molecular weight excluding hydrogens is 318 g/mol. The fourth-order valence-corrected chi connectivity index (χ4v) is 2.79. The van der Waals surface area contributed by atoms with Gasteiger partial charge in [-0.05, 0) is 24.3 Å². The number of anilines is 1. The summed E-state index contributed by atoms with van der Waals surface area (Å²) in [5.41, 5.74) is 2.53. The van der Waals surface area contributed by atoms with Crippen LogP contribution >= 0.6 is 0 Å². The Kier molecular flexibility index (Phi) is 4.79. The van der Waals surface area contributed by atoms with Gasteiger partial charge in [0.2, 0.25) is 5.91 Å². The second-order valence-electron chi connectivity index (χ2n) is 5.54. The Labute approximate surface area is 145 Å². The van der Waals surface area contributed by atoms with Gasteiger partial charge in [0.25, 0.3) is 0 Å². The first kappa shape index (κ1) is 16.7. The zero-order chi connectivity index (χ0) is 17.8. The summed E-state index contributed by atoms with van der Waals surface area (Å²) in [6, 6.07) is 14.5. The summed E-state index contributed by atoms with van der Waals surface area (Å²) in [7, 11) is 1.31. The zero-order valence-electron chi connectivity index (χ0n) is 14.2. The number of hydrogen-bond acceptors (Lipinski definition) is 4. The van der Waals surface area contributed by atoms with Crippen molar-refractivity contribution in [2.24, 2.45) is 0 Å². The van der Waals surface area contributed by atoms with E-state index in [-0.39, 0.29) is 12.5 Å². The average Bonchev–Trinajstić information content (AvgIpc) is 2.99. The molecule has 25 heavy (non-hydrogen) atoms. The Balaban J connectivity index is 1.86. The van der Waals surface area contributed by atoms with E-state index in [9.17, 15) is 9.59 Å². The van der Waals surface area contributed by atoms with Crippen LogP contribution in [0.2, 0.25) is 0 Å². The lowest BCUT2D eigenvalue weighted by Gasteiger charge is -2.11. The lowest BCUT2D eigenvalue weighted by atomic mass is 10.2. The number of imidazole rings is 1. The Morgan fingerprint density at radius 2 is 1.84 bits per heavy atom. The Hall–Kier alpha value is -3.15. The molecule has 128 valence electrons. The molecule has 2 aromatic carbocycles. The normalized spacial score (nSPS) is 10.6. The van der Waals surface area contributed by atoms with Gasteiger partial charge in [-0.25, -0.2) is 9.78 Å². The number of carbonyl (C=O) groups excluding carboxylic acids is 2. The van der Waals surface area contributed by atoms with Crippen molar-refractivity contribution in [1.29, 1.82) is 0 Å². The highest BCUT2D eigenvalue weighted by atomic mass is 16.5. The van der Waals surface area contributed by atoms with Gasteiger partial charge in [0.15, 0.2) is 0 Å². The maximum atomic E-state index is 12.5. The largest absolute Gasteiger partial charge is 0.465 e. The number of para-hydroxylation sites is 3. The summed E-state index contributed by atoms with van der Waals surface area (Å²) >= 11 is 0. The third-order valence-corrected chi connectivity index (χ3v) is 3.96. The van der Waals surface area contributed by atoms with Crippen molar-refractivity contribution in [3.8, 4) is 0 Å². The molecule has 1 amide bonds. The number of ether oxygens (including phenoxy) is 1. The van der Waals surface area contributed by atoms with Gasteiger partial charge in [-0.15, -0.1) is 0 Å². The summed E-state index contributed by atoms with van der Waals surface area (Å²) in [5.74, 6) is 0.130. The number of nitrogens with one attached hydrogen (secondary N) is 1. The van der Waals surface area contributed by atoms with Gasteiger partial charge in [-0.1, -0.05) is 31.2 Å². The van der Waals surface area contributed by atoms with Crippen LogP contribution < -0.4 is 5.32 Å². The Morgan fingerprint density at radius 3 is 2.60 bits per heavy atom. The van der Waals surface area contributed by atoms with Crippen LogP contribution in [0.25, 0.3) is 11.0 Å². The Bertz CT molecular complexity index is 931. The molecule has 0 aliphatic heterocycles. The summed E-state index contributed by atoms with van der Waals surface area (Å²) in [6.45, 7) is 2.13. The van der Waals surface area contributed by atoms with Crippen molar-refractivity contribution in [2.75, 3.05) is 12.4 Å². The molecule has 0 saturated carbocycles. The summed E-state index contributed by atoms with van der Waals surface area (Å²) in [4.78, 5) is 28.9. The van der Waals surface area contributed by atoms with Gasteiger partial charge < -0.3 is 14.6 Å². The first-order chi connectivity index (χ1) is 12.1. The number of benzene rings is 2. The average molecular weight is 337 g/mol. The van der Waals surface area contributed by atoms with E-state index in [1.165, 1.54) is 7.11 Å². The molecule has 0 atom stereocenters. The van der Waals surface area contributed by atoms with E-state index in [4.69, 9.17) is 4.74 Å². The van der Waals surface area contributed by atoms with Gasteiger partial charge in [-0.2, -0.15) is 0 Å². The fraction of sp³-hybridized carbons (Fsp3) is 0.211. The number of methoxy groups -OCH3 is 1. The van der Waals surface area contributed by atoms with Crippen LogP contribution in [-0.2, 0) is 22.5 Å². The number of nitrogens with zero attached hydrogens (tertiary/aromatic N) is 2. The number of aromatic nitrogens is 2. The van der Waals surface area contributed by atoms with Crippen molar-refractivity contribution in [3.63, 3.8) is 0 Å². The van der Waals surface area contributed by atoms with Crippen LogP contribution in [0.3, 0.4) is 0 Å². The third-order valence-electron chi connectivity index (χ3n) is 3.96. The molecule has 3 aromatic rings. The molecule has 1 aromatic heterocycles. The van der Waals surface area contributed by atoms with Crippen molar-refractivity contribution in [3.05, 3.63) is 59.9 Å². The predicted octanol–water partition coefficient (Wildman–Crippen LogP) is 3.02. The molecule has 0 fully saturated rings. The highest BCUT2D eigenvalue weighted by molar-refractivity contribution is 6.01. The maximum absolute atomic E-state index is 12.5. The minimum atomic E-state index is -0.488. The summed E-state index contributed by atoms with van der Waals surface area (Å²) in [5, 5.41) is 2.79. The second kappa shape index (κ2) is 7.17. The Morgan fingerprint density at radius 1 is 1.12 bits per heavy atom. The van der Waals surface area contributed by atoms with E-state index in [0.29, 0.717) is 11.3 Å². The lowest BCUT2D eigenvalue weighted by molar-refractivity contribution is -0.116. The van der Waals surface area contributed by atoms with Crippen LogP contribution in [0.15, 0.2) is 48.5 Å². The molecule has 0 saturated heterocycles. The van der Waals surface area contributed by atoms with E-state index in [0.717, 1.165) is 23.3 Å². The number of aryl methyl sites for hydroxylation is 1. The van der Waals surface area contributed by atoms with Gasteiger partial charge in [0, 0.05) is 6.42 Å². The molecule has 0 spiro atoms. The lowest BCUT2D eigenvalue weighted by Crippen LogP contribution is -2.21. The van der Waals surface area contributed by atoms with E-state index < -0.39 is 5.97 Å². The first-order valence-corrected chi connectivity index (χ1v) is 8.05. The standard InChI is InChI=1S/C19H19N3O3/c1-3-17-20-15-10-6-7-11-16(15)22(17)12-18(23)21-14-9-5-4-8-13(14)19(24)25-2/h4-11H,3,12H2,1-2H3,(H,21,23). The van der Waals surface area contributed by atoms with Gasteiger partial charge in [0.05, 0.1) is 29.4 Å². The molecular formula is C19H19N3O3. The maximum Gasteiger partial charge on any atom is 0.339 e. The van der Waals surface area contributed by atoms with Crippen LogP contribution in [0.4, 0.5) is 5.69 Å². The molecule has 1 N–H and O–H groups in total. The van der Waals surface area contributed by atoms with Gasteiger partial charge in [0.1, 0.15) is 12.4 Å². The molecule has 0 aliphatic carbocycles. The predicted molar refractivity (Wildman–Crippen MR) is 95.5 cm³/mol. The second-order valence-corrected chi connectivity index (χ2v) is 5.54. The van der Waals surface area contributed by atoms with E-state index in [2.05, 4.69) is 10.3 Å². The number of hydrogen-bond donors (Lipinski definition) is 1. The number of amides is 1. The van der Waals surface area contributed by atoms with Gasteiger partial charge >= 0.3 is 5.97 Å². The number of rotatable bonds is 5. The SMILES string of the molecule is CCc1nc2ccccc2n1CC(=O)Nc1ccccc1C(=O)OC. The molecule has 1 heterocycles. The minimum absolute atomic E-state index is 0.124. The van der Waals surface area contributed by atoms with Crippen LogP contribution in [0.1, 0.15) is 23.1 Å². The summed E-state index contributed by atoms with van der Waals surface area (Å²) < 4.78 is 6.65. The van der Waals surface area contributed by atoms with Gasteiger partial charge in [-0.3, -0.25) is 4.79 Å². The smallest absolute Gasteiger partial charge is 0.339 e. The monoisotopic (exact) mass is 337 g/mol. The molecule has 0 aliphatic rings. The van der Waals surface area contributed by atoms with Crippen molar-refractivity contribution < 1.29 is 14.3 Å². The van der Waals surface area contributed by atoms with Crippen LogP contribution in [0, 0.1) is 0 Å². The van der Waals surface area contributed by atoms with E-state index >= 15 is 0 Å². The van der Waals surface area contributed by atoms with Crippen molar-refractivity contribution in [1.82, 2.24) is 9.55 Å². The van der Waals surface area contributed by atoms with Crippen molar-refractivity contribution >= 4 is 28.6 Å². The number of fused-ring (bicyclic) bond motifs is 1. The first-order valence-electron chi connectivity index (χ1n) is 8.05. The van der Waals surface area contributed by atoms with Crippen LogP contribution in [0.5, 0.6) is 0 Å². The molecule has 6 heteroatoms. The van der Waals surface area contributed by atoms with E-state index in [1.54, 1.807) is 24.3 Å². The minimum Gasteiger partial charge on any atom is -0.465 e. The fourth-order valence-electron chi connectivity index (χ4n) is 2.79. The molecule has 0 unspecified atom stereocenters. The highest BCUT2D eigenvalue weighted by Crippen LogP contribution is 2.19. The van der Waals surface area contributed by atoms with Crippen molar-refractivity contribution in [2.45, 2.75) is 19.9 Å². The molecule has 0 bridgehead atoms. The molecule has 6 nitrogen and oxygen atoms in total. The zero-order valence-corrected chi connectivity index (χ0v) is 14.2. The number of esters is 1. The molecule has 0 radical (unpaired) electrons. The highest BCUT2D eigenvalue weighted by Gasteiger charge is 2.16. The topological polar surface area (TPSA) is 73.2 Å². The quantitative estimate of drug-likeness (QED) is 0.726. The van der Waals surface area contributed by atoms with Crippen LogP contribution in [-0.4, -0.2) is 28.5 Å². The summed E-state index contributed by atoms with van der Waals surface area (Å²) in [6.07, 6.45) is 0.723. The van der Waals surface area contributed by atoms with E-state index in [1.807, 2.05) is 35.8 Å².